The van der Waals surface area contributed by atoms with Crippen molar-refractivity contribution in [2.75, 3.05) is 12.8 Å². The topological polar surface area (TPSA) is 72.3 Å². The molecule has 3 rings (SSSR count). The van der Waals surface area contributed by atoms with Gasteiger partial charge in [-0.3, -0.25) is 4.79 Å². The number of imidazole rings is 1. The van der Waals surface area contributed by atoms with Crippen molar-refractivity contribution in [3.05, 3.63) is 30.1 Å². The largest absolute Gasteiger partial charge is 0.338 e. The summed E-state index contributed by atoms with van der Waals surface area (Å²) in [7, 11) is -3.23. The van der Waals surface area contributed by atoms with Gasteiger partial charge in [0.15, 0.2) is 9.84 Å². The Morgan fingerprint density at radius 2 is 2.04 bits per heavy atom. The van der Waals surface area contributed by atoms with Crippen LogP contribution in [0.4, 0.5) is 0 Å². The first-order valence-electron chi connectivity index (χ1n) is 8.26. The van der Waals surface area contributed by atoms with Gasteiger partial charge in [0, 0.05) is 18.8 Å². The molecule has 130 valence electrons. The molecule has 0 N–H and O–H groups in total. The van der Waals surface area contributed by atoms with Crippen molar-refractivity contribution >= 4 is 26.8 Å². The molecular weight excluding hydrogens is 326 g/mol. The number of likely N-dealkylation sites (tertiary alicyclic amines) is 1. The van der Waals surface area contributed by atoms with Crippen LogP contribution in [0.3, 0.4) is 0 Å². The van der Waals surface area contributed by atoms with Gasteiger partial charge in [-0.05, 0) is 38.3 Å². The third kappa shape index (κ3) is 3.61. The molecule has 1 atom stereocenters. The van der Waals surface area contributed by atoms with E-state index in [1.54, 1.807) is 4.57 Å². The number of hydrogen-bond acceptors (Lipinski definition) is 4. The van der Waals surface area contributed by atoms with Crippen molar-refractivity contribution in [2.45, 2.75) is 44.5 Å². The summed E-state index contributed by atoms with van der Waals surface area (Å²) in [6, 6.07) is 7.68. The quantitative estimate of drug-likeness (QED) is 0.846. The molecule has 0 spiro atoms. The predicted octanol–water partition coefficient (Wildman–Crippen LogP) is 1.98. The van der Waals surface area contributed by atoms with E-state index in [2.05, 4.69) is 11.9 Å². The van der Waals surface area contributed by atoms with Gasteiger partial charge in [-0.15, -0.1) is 0 Å². The van der Waals surface area contributed by atoms with Gasteiger partial charge in [0.1, 0.15) is 18.1 Å². The molecule has 1 saturated heterocycles. The highest BCUT2D eigenvalue weighted by Crippen LogP contribution is 2.20. The lowest BCUT2D eigenvalue weighted by atomic mass is 10.0. The minimum Gasteiger partial charge on any atom is -0.338 e. The van der Waals surface area contributed by atoms with Crippen LogP contribution in [0, 0.1) is 0 Å². The fourth-order valence-electron chi connectivity index (χ4n) is 3.34. The summed E-state index contributed by atoms with van der Waals surface area (Å²) in [4.78, 5) is 19.1. The predicted molar refractivity (Wildman–Crippen MR) is 93.3 cm³/mol. The summed E-state index contributed by atoms with van der Waals surface area (Å²) in [5.74, 6) is 0.293. The van der Waals surface area contributed by atoms with E-state index in [4.69, 9.17) is 0 Å². The first kappa shape index (κ1) is 17.0. The third-order valence-corrected chi connectivity index (χ3v) is 5.32. The average Bonchev–Trinajstić information content (AvgIpc) is 2.83. The number of carbonyl (C=O) groups is 1. The number of para-hydroxylation sites is 2. The Kier molecular flexibility index (Phi) is 4.62. The number of fused-ring (bicyclic) bond motifs is 1. The first-order chi connectivity index (χ1) is 11.3. The summed E-state index contributed by atoms with van der Waals surface area (Å²) in [6.07, 6.45) is 4.38. The van der Waals surface area contributed by atoms with Crippen LogP contribution in [0.25, 0.3) is 11.0 Å². The molecule has 1 aromatic heterocycles. The van der Waals surface area contributed by atoms with Crippen molar-refractivity contribution < 1.29 is 13.2 Å². The van der Waals surface area contributed by atoms with E-state index < -0.39 is 9.84 Å². The number of hydrogen-bond donors (Lipinski definition) is 0. The van der Waals surface area contributed by atoms with Crippen LogP contribution in [0.15, 0.2) is 24.3 Å². The van der Waals surface area contributed by atoms with Gasteiger partial charge in [-0.25, -0.2) is 13.4 Å². The van der Waals surface area contributed by atoms with Gasteiger partial charge in [0.25, 0.3) is 0 Å². The fourth-order valence-corrected chi connectivity index (χ4v) is 4.03. The maximum atomic E-state index is 12.8. The minimum atomic E-state index is -3.23. The smallest absolute Gasteiger partial charge is 0.242 e. The van der Waals surface area contributed by atoms with E-state index in [1.807, 2.05) is 29.2 Å². The van der Waals surface area contributed by atoms with Crippen LogP contribution in [0.1, 0.15) is 32.0 Å². The summed E-state index contributed by atoms with van der Waals surface area (Å²) in [6.45, 7) is 2.98. The van der Waals surface area contributed by atoms with Crippen molar-refractivity contribution in [1.82, 2.24) is 14.5 Å². The van der Waals surface area contributed by atoms with E-state index in [9.17, 15) is 13.2 Å². The maximum Gasteiger partial charge on any atom is 0.242 e. The lowest BCUT2D eigenvalue weighted by molar-refractivity contribution is -0.135. The normalized spacial score (nSPS) is 18.9. The molecule has 2 aromatic rings. The third-order valence-electron chi connectivity index (χ3n) is 4.54. The Morgan fingerprint density at radius 1 is 1.29 bits per heavy atom. The molecule has 1 fully saturated rings. The van der Waals surface area contributed by atoms with Crippen LogP contribution >= 0.6 is 0 Å². The Balaban J connectivity index is 1.94. The fraction of sp³-hybridized carbons (Fsp3) is 0.529. The molecule has 0 bridgehead atoms. The highest BCUT2D eigenvalue weighted by Gasteiger charge is 2.25. The van der Waals surface area contributed by atoms with Crippen molar-refractivity contribution in [3.63, 3.8) is 0 Å². The summed E-state index contributed by atoms with van der Waals surface area (Å²) < 4.78 is 25.2. The Hall–Kier alpha value is -1.89. The van der Waals surface area contributed by atoms with Gasteiger partial charge in [0.2, 0.25) is 5.91 Å². The second-order valence-electron chi connectivity index (χ2n) is 6.60. The standard InChI is InChI=1S/C17H23N3O3S/c1-13-7-5-6-10-19(13)17(21)11-20-15-9-4-3-8-14(15)18-16(20)12-24(2,22)23/h3-4,8-9,13H,5-7,10-12H2,1-2H3/t13-/m1/s1. The second kappa shape index (κ2) is 6.55. The van der Waals surface area contributed by atoms with Crippen LogP contribution in [-0.4, -0.2) is 47.6 Å². The molecule has 2 heterocycles. The number of benzene rings is 1. The number of aromatic nitrogens is 2. The Morgan fingerprint density at radius 3 is 2.75 bits per heavy atom. The summed E-state index contributed by atoms with van der Waals surface area (Å²) in [5.41, 5.74) is 1.52. The van der Waals surface area contributed by atoms with Crippen LogP contribution in [0.5, 0.6) is 0 Å². The molecular formula is C17H23N3O3S. The Labute approximate surface area is 142 Å². The van der Waals surface area contributed by atoms with E-state index in [1.165, 1.54) is 6.26 Å². The molecule has 1 aliphatic heterocycles. The van der Waals surface area contributed by atoms with Crippen molar-refractivity contribution in [1.29, 1.82) is 0 Å². The van der Waals surface area contributed by atoms with E-state index in [0.717, 1.165) is 36.8 Å². The highest BCUT2D eigenvalue weighted by atomic mass is 32.2. The van der Waals surface area contributed by atoms with E-state index >= 15 is 0 Å². The van der Waals surface area contributed by atoms with Gasteiger partial charge < -0.3 is 9.47 Å². The number of rotatable bonds is 4. The number of piperidine rings is 1. The number of sulfone groups is 1. The monoisotopic (exact) mass is 349 g/mol. The zero-order chi connectivity index (χ0) is 17.3. The van der Waals surface area contributed by atoms with E-state index in [-0.39, 0.29) is 24.2 Å². The van der Waals surface area contributed by atoms with Crippen LogP contribution < -0.4 is 0 Å². The van der Waals surface area contributed by atoms with Gasteiger partial charge in [-0.2, -0.15) is 0 Å². The van der Waals surface area contributed by atoms with E-state index in [0.29, 0.717) is 5.82 Å². The SMILES string of the molecule is C[C@@H]1CCCCN1C(=O)Cn1c(CS(C)(=O)=O)nc2ccccc21. The maximum absolute atomic E-state index is 12.8. The molecule has 0 radical (unpaired) electrons. The van der Waals surface area contributed by atoms with Gasteiger partial charge >= 0.3 is 0 Å². The molecule has 1 amide bonds. The van der Waals surface area contributed by atoms with Crippen molar-refractivity contribution in [3.8, 4) is 0 Å². The first-order valence-corrected chi connectivity index (χ1v) is 10.3. The summed E-state index contributed by atoms with van der Waals surface area (Å²) >= 11 is 0. The molecule has 0 saturated carbocycles. The molecule has 6 nitrogen and oxygen atoms in total. The molecule has 24 heavy (non-hydrogen) atoms. The van der Waals surface area contributed by atoms with Crippen molar-refractivity contribution in [2.24, 2.45) is 0 Å². The zero-order valence-electron chi connectivity index (χ0n) is 14.1. The zero-order valence-corrected chi connectivity index (χ0v) is 14.9. The molecule has 0 aliphatic carbocycles. The molecule has 1 aromatic carbocycles. The highest BCUT2D eigenvalue weighted by molar-refractivity contribution is 7.89. The lowest BCUT2D eigenvalue weighted by Gasteiger charge is -2.33. The molecule has 0 unspecified atom stereocenters. The number of amides is 1. The Bertz CT molecular complexity index is 857. The number of nitrogens with zero attached hydrogens (tertiary/aromatic N) is 3. The average molecular weight is 349 g/mol. The van der Waals surface area contributed by atoms with Gasteiger partial charge in [-0.1, -0.05) is 12.1 Å². The summed E-state index contributed by atoms with van der Waals surface area (Å²) in [5, 5.41) is 0. The van der Waals surface area contributed by atoms with Gasteiger partial charge in [0.05, 0.1) is 11.0 Å². The second-order valence-corrected chi connectivity index (χ2v) is 8.75. The molecule has 7 heteroatoms. The lowest BCUT2D eigenvalue weighted by Crippen LogP contribution is -2.43. The van der Waals surface area contributed by atoms with Crippen LogP contribution in [0.2, 0.25) is 0 Å². The molecule has 1 aliphatic rings. The van der Waals surface area contributed by atoms with Crippen LogP contribution in [-0.2, 0) is 26.9 Å². The minimum absolute atomic E-state index is 0.0279. The number of carbonyl (C=O) groups excluding carboxylic acids is 1.